The monoisotopic (exact) mass is 410 g/mol. The number of fused-ring (bicyclic) bond motifs is 1. The highest BCUT2D eigenvalue weighted by molar-refractivity contribution is 7.99. The molecule has 2 aromatic heterocycles. The van der Waals surface area contributed by atoms with E-state index < -0.39 is 0 Å². The Bertz CT molecular complexity index is 1010. The fourth-order valence-corrected chi connectivity index (χ4v) is 4.42. The van der Waals surface area contributed by atoms with E-state index in [1.165, 1.54) is 17.2 Å². The predicted octanol–water partition coefficient (Wildman–Crippen LogP) is 4.14. The van der Waals surface area contributed by atoms with E-state index in [0.29, 0.717) is 28.9 Å². The maximum atomic E-state index is 13.0. The van der Waals surface area contributed by atoms with Crippen LogP contribution in [0.25, 0.3) is 11.1 Å². The number of carbonyl (C=O) groups excluding carboxylic acids is 1. The summed E-state index contributed by atoms with van der Waals surface area (Å²) in [7, 11) is 0. The smallest absolute Gasteiger partial charge is 0.259 e. The number of aryl methyl sites for hydroxylation is 1. The molecule has 1 aromatic carbocycles. The first kappa shape index (κ1) is 19.8. The van der Waals surface area contributed by atoms with Crippen LogP contribution in [0.15, 0.2) is 34.9 Å². The highest BCUT2D eigenvalue weighted by Gasteiger charge is 2.19. The van der Waals surface area contributed by atoms with Crippen molar-refractivity contribution in [3.63, 3.8) is 0 Å². The maximum Gasteiger partial charge on any atom is 0.259 e. The second-order valence-electron chi connectivity index (χ2n) is 7.65. The summed E-state index contributed by atoms with van der Waals surface area (Å²) in [6.07, 6.45) is 0. The molecule has 1 N–H and O–H groups in total. The van der Waals surface area contributed by atoms with Crippen LogP contribution in [0.1, 0.15) is 47.1 Å². The van der Waals surface area contributed by atoms with E-state index in [4.69, 9.17) is 4.52 Å². The van der Waals surface area contributed by atoms with E-state index >= 15 is 0 Å². The third-order valence-corrected chi connectivity index (χ3v) is 6.18. The summed E-state index contributed by atoms with van der Waals surface area (Å²) in [5.74, 6) is 2.41. The first-order valence-electron chi connectivity index (χ1n) is 9.99. The molecule has 3 aromatic rings. The molecule has 3 heterocycles. The molecule has 0 aliphatic carbocycles. The summed E-state index contributed by atoms with van der Waals surface area (Å²) in [5.41, 5.74) is 4.81. The van der Waals surface area contributed by atoms with Crippen molar-refractivity contribution in [2.75, 3.05) is 29.5 Å². The van der Waals surface area contributed by atoms with Crippen molar-refractivity contribution in [3.8, 4) is 0 Å². The van der Waals surface area contributed by atoms with Gasteiger partial charge in [-0.1, -0.05) is 31.1 Å². The predicted molar refractivity (Wildman–Crippen MR) is 118 cm³/mol. The highest BCUT2D eigenvalue weighted by atomic mass is 32.2. The van der Waals surface area contributed by atoms with Crippen molar-refractivity contribution >= 4 is 34.5 Å². The van der Waals surface area contributed by atoms with Gasteiger partial charge < -0.3 is 14.7 Å². The number of nitrogens with one attached hydrogen (secondary N) is 1. The number of thioether (sulfide) groups is 1. The minimum absolute atomic E-state index is 0.136. The number of pyridine rings is 1. The van der Waals surface area contributed by atoms with Crippen LogP contribution < -0.4 is 10.2 Å². The zero-order valence-corrected chi connectivity index (χ0v) is 17.9. The maximum absolute atomic E-state index is 13.0. The molecule has 1 aliphatic heterocycles. The second kappa shape index (κ2) is 8.45. The number of hydrogen-bond acceptors (Lipinski definition) is 6. The molecule has 0 bridgehead atoms. The zero-order chi connectivity index (χ0) is 20.4. The van der Waals surface area contributed by atoms with Gasteiger partial charge in [0.2, 0.25) is 0 Å². The number of rotatable bonds is 5. The Morgan fingerprint density at radius 2 is 1.97 bits per heavy atom. The van der Waals surface area contributed by atoms with Gasteiger partial charge in [0.15, 0.2) is 0 Å². The lowest BCUT2D eigenvalue weighted by atomic mass is 10.0. The van der Waals surface area contributed by atoms with Crippen molar-refractivity contribution in [2.45, 2.75) is 33.2 Å². The van der Waals surface area contributed by atoms with E-state index in [2.05, 4.69) is 44.6 Å². The second-order valence-corrected chi connectivity index (χ2v) is 8.87. The molecular weight excluding hydrogens is 384 g/mol. The van der Waals surface area contributed by atoms with Crippen LogP contribution in [0.3, 0.4) is 0 Å². The molecule has 29 heavy (non-hydrogen) atoms. The van der Waals surface area contributed by atoms with Gasteiger partial charge in [0, 0.05) is 42.5 Å². The van der Waals surface area contributed by atoms with Crippen LogP contribution in [-0.2, 0) is 6.54 Å². The van der Waals surface area contributed by atoms with Crippen LogP contribution in [-0.4, -0.2) is 40.6 Å². The Morgan fingerprint density at radius 1 is 1.24 bits per heavy atom. The van der Waals surface area contributed by atoms with Crippen LogP contribution in [0.2, 0.25) is 0 Å². The molecule has 6 nitrogen and oxygen atoms in total. The Labute approximate surface area is 175 Å². The average Bonchev–Trinajstić information content (AvgIpc) is 3.13. The SMILES string of the molecule is Cc1noc2nc(C(C)C)cc(C(=O)NCc3ccc(N4CCSCC4)cc3)c12. The van der Waals surface area contributed by atoms with Crippen LogP contribution >= 0.6 is 11.8 Å². The van der Waals surface area contributed by atoms with E-state index in [9.17, 15) is 4.79 Å². The molecule has 152 valence electrons. The third kappa shape index (κ3) is 4.24. The molecule has 0 saturated carbocycles. The van der Waals surface area contributed by atoms with Gasteiger partial charge >= 0.3 is 0 Å². The fraction of sp³-hybridized carbons (Fsp3) is 0.409. The quantitative estimate of drug-likeness (QED) is 0.682. The normalized spacial score (nSPS) is 14.6. The highest BCUT2D eigenvalue weighted by Crippen LogP contribution is 2.25. The van der Waals surface area contributed by atoms with Gasteiger partial charge in [0.05, 0.1) is 16.6 Å². The lowest BCUT2D eigenvalue weighted by molar-refractivity contribution is 0.0952. The van der Waals surface area contributed by atoms with Gasteiger partial charge in [-0.25, -0.2) is 4.98 Å². The van der Waals surface area contributed by atoms with Crippen molar-refractivity contribution in [1.82, 2.24) is 15.5 Å². The molecule has 0 atom stereocenters. The molecule has 1 fully saturated rings. The van der Waals surface area contributed by atoms with Crippen molar-refractivity contribution in [2.24, 2.45) is 0 Å². The van der Waals surface area contributed by atoms with Crippen LogP contribution in [0, 0.1) is 6.92 Å². The number of anilines is 1. The molecule has 1 aliphatic rings. The Morgan fingerprint density at radius 3 is 2.66 bits per heavy atom. The minimum Gasteiger partial charge on any atom is -0.370 e. The van der Waals surface area contributed by atoms with Gasteiger partial charge in [-0.2, -0.15) is 11.8 Å². The first-order chi connectivity index (χ1) is 14.0. The number of amides is 1. The average molecular weight is 411 g/mol. The Hall–Kier alpha value is -2.54. The summed E-state index contributed by atoms with van der Waals surface area (Å²) in [6, 6.07) is 10.3. The lowest BCUT2D eigenvalue weighted by Crippen LogP contribution is -2.32. The van der Waals surface area contributed by atoms with Gasteiger partial charge in [0.1, 0.15) is 0 Å². The minimum atomic E-state index is -0.136. The molecule has 0 radical (unpaired) electrons. The molecular formula is C22H26N4O2S. The number of aromatic nitrogens is 2. The Balaban J connectivity index is 1.49. The van der Waals surface area contributed by atoms with Crippen LogP contribution in [0.5, 0.6) is 0 Å². The first-order valence-corrected chi connectivity index (χ1v) is 11.1. The lowest BCUT2D eigenvalue weighted by Gasteiger charge is -2.28. The summed E-state index contributed by atoms with van der Waals surface area (Å²) in [6.45, 7) is 8.57. The van der Waals surface area contributed by atoms with E-state index in [-0.39, 0.29) is 11.8 Å². The van der Waals surface area contributed by atoms with Gasteiger partial charge in [-0.05, 0) is 36.6 Å². The Kier molecular flexibility index (Phi) is 5.76. The van der Waals surface area contributed by atoms with Gasteiger partial charge in [0.25, 0.3) is 11.6 Å². The number of nitrogens with zero attached hydrogens (tertiary/aromatic N) is 3. The standard InChI is InChI=1S/C22H26N4O2S/c1-14(2)19-12-18(20-15(3)25-28-22(20)24-19)21(27)23-13-16-4-6-17(7-5-16)26-8-10-29-11-9-26/h4-7,12,14H,8-11,13H2,1-3H3,(H,23,27). The van der Waals surface area contributed by atoms with Gasteiger partial charge in [-0.3, -0.25) is 4.79 Å². The number of hydrogen-bond donors (Lipinski definition) is 1. The van der Waals surface area contributed by atoms with Crippen LogP contribution in [0.4, 0.5) is 5.69 Å². The largest absolute Gasteiger partial charge is 0.370 e. The fourth-order valence-electron chi connectivity index (χ4n) is 3.51. The molecule has 1 saturated heterocycles. The molecule has 7 heteroatoms. The molecule has 0 unspecified atom stereocenters. The summed E-state index contributed by atoms with van der Waals surface area (Å²) < 4.78 is 5.32. The third-order valence-electron chi connectivity index (χ3n) is 5.24. The molecule has 1 amide bonds. The topological polar surface area (TPSA) is 71.3 Å². The van der Waals surface area contributed by atoms with Crippen molar-refractivity contribution in [3.05, 3.63) is 52.8 Å². The van der Waals surface area contributed by atoms with Crippen molar-refractivity contribution < 1.29 is 9.32 Å². The van der Waals surface area contributed by atoms with E-state index in [1.807, 2.05) is 38.6 Å². The van der Waals surface area contributed by atoms with E-state index in [0.717, 1.165) is 24.3 Å². The summed E-state index contributed by atoms with van der Waals surface area (Å²) in [5, 5.41) is 7.71. The zero-order valence-electron chi connectivity index (χ0n) is 17.1. The summed E-state index contributed by atoms with van der Waals surface area (Å²) >= 11 is 2.01. The number of benzene rings is 1. The number of carbonyl (C=O) groups is 1. The molecule has 4 rings (SSSR count). The van der Waals surface area contributed by atoms with E-state index in [1.54, 1.807) is 0 Å². The van der Waals surface area contributed by atoms with Crippen molar-refractivity contribution in [1.29, 1.82) is 0 Å². The molecule has 0 spiro atoms. The van der Waals surface area contributed by atoms with Gasteiger partial charge in [-0.15, -0.1) is 0 Å². The summed E-state index contributed by atoms with van der Waals surface area (Å²) in [4.78, 5) is 19.9.